The molecule has 0 radical (unpaired) electrons. The summed E-state index contributed by atoms with van der Waals surface area (Å²) in [6.07, 6.45) is 6.80. The normalized spacial score (nSPS) is 31.6. The van der Waals surface area contributed by atoms with Crippen molar-refractivity contribution in [2.75, 3.05) is 58.9 Å². The zero-order valence-corrected chi connectivity index (χ0v) is 30.7. The summed E-state index contributed by atoms with van der Waals surface area (Å²) in [6, 6.07) is 10.8. The van der Waals surface area contributed by atoms with Gasteiger partial charge in [-0.25, -0.2) is 9.11 Å². The summed E-state index contributed by atoms with van der Waals surface area (Å²) in [5.41, 5.74) is -0.381. The Balaban J connectivity index is 1.34. The number of alkyl halides is 1. The van der Waals surface area contributed by atoms with Gasteiger partial charge in [0.25, 0.3) is 5.91 Å². The van der Waals surface area contributed by atoms with E-state index in [4.69, 9.17) is 21.1 Å². The Morgan fingerprint density at radius 3 is 2.70 bits per heavy atom. The molecule has 2 amide bonds. The third-order valence-corrected chi connectivity index (χ3v) is 13.7. The Labute approximate surface area is 299 Å². The van der Waals surface area contributed by atoms with Crippen molar-refractivity contribution in [3.05, 3.63) is 58.1 Å². The van der Waals surface area contributed by atoms with E-state index in [0.29, 0.717) is 67.1 Å². The molecule has 6 atom stereocenters. The maximum Gasteiger partial charge on any atom is 0.303 e. The number of carbonyl (C=O) groups excluding carboxylic acids is 2. The molecule has 0 unspecified atom stereocenters. The third kappa shape index (κ3) is 6.61. The van der Waals surface area contributed by atoms with Crippen molar-refractivity contribution in [2.45, 2.75) is 75.0 Å². The summed E-state index contributed by atoms with van der Waals surface area (Å²) in [6.45, 7) is 2.80. The largest absolute Gasteiger partial charge is 0.490 e. The summed E-state index contributed by atoms with van der Waals surface area (Å²) < 4.78 is 58.9. The van der Waals surface area contributed by atoms with Gasteiger partial charge in [0.2, 0.25) is 11.6 Å². The number of carbonyl (C=O) groups is 2. The number of anilines is 1. The molecule has 272 valence electrons. The van der Waals surface area contributed by atoms with Crippen molar-refractivity contribution < 1.29 is 31.9 Å². The van der Waals surface area contributed by atoms with Crippen LogP contribution in [0.5, 0.6) is 5.75 Å². The van der Waals surface area contributed by atoms with Crippen LogP contribution in [0.2, 0.25) is 5.02 Å². The van der Waals surface area contributed by atoms with Crippen molar-refractivity contribution >= 4 is 39.3 Å². The van der Waals surface area contributed by atoms with Gasteiger partial charge in [0, 0.05) is 63.4 Å². The lowest BCUT2D eigenvalue weighted by atomic mass is 9.67. The van der Waals surface area contributed by atoms with Gasteiger partial charge in [-0.1, -0.05) is 23.7 Å². The average molecular weight is 731 g/mol. The molecule has 2 aromatic carbocycles. The van der Waals surface area contributed by atoms with Crippen molar-refractivity contribution in [1.29, 1.82) is 0 Å². The van der Waals surface area contributed by atoms with Gasteiger partial charge in [0.15, 0.2) is 0 Å². The third-order valence-electron chi connectivity index (χ3n) is 12.1. The number of amides is 2. The number of halogens is 2. The minimum absolute atomic E-state index is 0.0951. The van der Waals surface area contributed by atoms with Crippen LogP contribution in [0, 0.1) is 17.8 Å². The Hall–Kier alpha value is -2.93. The first-order chi connectivity index (χ1) is 23.8. The van der Waals surface area contributed by atoms with E-state index in [1.54, 1.807) is 19.2 Å². The standard InChI is InChI=1S/C37H48ClFN4O6S/c1-41(2)50(46,47)40-35(45)37(39)20-34(44)42(3)15-12-24-13-16-48-33(17-24)29-9-6-26(29)21-43-22-36(23-49-32-11-7-27(37)19-31(32)43)14-4-5-25-18-28(38)8-10-30(25)36/h7-8,10-11,18-19,24,26,29,33H,4-6,9,12-17,20-23H2,1-3H3,(H,40,45)/t24-,26-,29+,33-,36-,37+/m0/s1. The first-order valence-electron chi connectivity index (χ1n) is 17.9. The van der Waals surface area contributed by atoms with E-state index in [9.17, 15) is 18.0 Å². The predicted octanol–water partition coefficient (Wildman–Crippen LogP) is 4.97. The molecule has 7 rings (SSSR count). The van der Waals surface area contributed by atoms with E-state index in [0.717, 1.165) is 55.7 Å². The number of hydrogen-bond donors (Lipinski definition) is 1. The quantitative estimate of drug-likeness (QED) is 0.475. The van der Waals surface area contributed by atoms with Crippen LogP contribution in [-0.2, 0) is 42.0 Å². The molecular formula is C37H48ClFN4O6S. The highest BCUT2D eigenvalue weighted by Gasteiger charge is 2.49. The Bertz CT molecular complexity index is 1760. The highest BCUT2D eigenvalue weighted by molar-refractivity contribution is 7.87. The summed E-state index contributed by atoms with van der Waals surface area (Å²) in [4.78, 5) is 31.2. The SMILES string of the molecule is CN1CC[C@H]2CCO[C@@H](C2)[C@@H]2CC[C@H]2CN2C[C@@]3(CCCc4cc(Cl)ccc43)COc3ccc(cc32)[C@@](F)(C(=O)NS(=O)(=O)N(C)C)CC1=O. The first-order valence-corrected chi connectivity index (χ1v) is 19.7. The van der Waals surface area contributed by atoms with Crippen LogP contribution >= 0.6 is 11.6 Å². The van der Waals surface area contributed by atoms with Crippen molar-refractivity contribution in [3.8, 4) is 5.75 Å². The summed E-state index contributed by atoms with van der Waals surface area (Å²) in [7, 11) is -0.243. The minimum Gasteiger partial charge on any atom is -0.490 e. The zero-order chi connectivity index (χ0) is 35.4. The van der Waals surface area contributed by atoms with Gasteiger partial charge in [-0.2, -0.15) is 12.7 Å². The highest BCUT2D eigenvalue weighted by Crippen LogP contribution is 2.49. The van der Waals surface area contributed by atoms with Gasteiger partial charge in [-0.15, -0.1) is 0 Å². The van der Waals surface area contributed by atoms with Gasteiger partial charge < -0.3 is 19.3 Å². The number of fused-ring (bicyclic) bond motifs is 7. The second kappa shape index (κ2) is 13.6. The number of hydrogen-bond acceptors (Lipinski definition) is 7. The van der Waals surface area contributed by atoms with E-state index in [1.165, 1.54) is 36.2 Å². The van der Waals surface area contributed by atoms with Crippen LogP contribution in [0.15, 0.2) is 36.4 Å². The molecule has 1 saturated heterocycles. The lowest BCUT2D eigenvalue weighted by molar-refractivity contribution is -0.142. The summed E-state index contributed by atoms with van der Waals surface area (Å²) in [5.74, 6) is -0.336. The fourth-order valence-electron chi connectivity index (χ4n) is 8.86. The minimum atomic E-state index is -4.35. The number of ether oxygens (including phenoxy) is 2. The smallest absolute Gasteiger partial charge is 0.303 e. The van der Waals surface area contributed by atoms with Crippen LogP contribution in [-0.4, -0.2) is 89.5 Å². The van der Waals surface area contributed by atoms with Crippen LogP contribution in [0.3, 0.4) is 0 Å². The fourth-order valence-corrected chi connectivity index (χ4v) is 9.64. The molecule has 4 bridgehead atoms. The molecule has 2 aromatic rings. The van der Waals surface area contributed by atoms with Gasteiger partial charge in [-0.05, 0) is 105 Å². The second-order valence-corrected chi connectivity index (χ2v) is 17.7. The average Bonchev–Trinajstić information content (AvgIpc) is 3.21. The van der Waals surface area contributed by atoms with E-state index in [-0.39, 0.29) is 17.1 Å². The monoisotopic (exact) mass is 730 g/mol. The van der Waals surface area contributed by atoms with Crippen LogP contribution in [0.25, 0.3) is 0 Å². The number of benzene rings is 2. The molecule has 13 heteroatoms. The predicted molar refractivity (Wildman–Crippen MR) is 189 cm³/mol. The van der Waals surface area contributed by atoms with Crippen molar-refractivity contribution in [1.82, 2.24) is 13.9 Å². The maximum atomic E-state index is 17.6. The van der Waals surface area contributed by atoms with Gasteiger partial charge in [0.1, 0.15) is 5.75 Å². The molecule has 1 spiro atoms. The first kappa shape index (κ1) is 35.5. The van der Waals surface area contributed by atoms with E-state index in [1.807, 2.05) is 16.9 Å². The second-order valence-electron chi connectivity index (χ2n) is 15.4. The molecule has 2 aliphatic carbocycles. The Kier molecular flexibility index (Phi) is 9.62. The van der Waals surface area contributed by atoms with Gasteiger partial charge in [0.05, 0.1) is 24.8 Å². The highest BCUT2D eigenvalue weighted by atomic mass is 35.5. The van der Waals surface area contributed by atoms with Crippen LogP contribution < -0.4 is 14.4 Å². The molecule has 3 heterocycles. The lowest BCUT2D eigenvalue weighted by Crippen LogP contribution is -2.51. The molecule has 2 fully saturated rings. The van der Waals surface area contributed by atoms with Crippen molar-refractivity contribution in [2.24, 2.45) is 17.8 Å². The number of rotatable bonds is 3. The molecule has 10 nitrogen and oxygen atoms in total. The fraction of sp³-hybridized carbons (Fsp3) is 0.622. The van der Waals surface area contributed by atoms with Gasteiger partial charge >= 0.3 is 10.2 Å². The summed E-state index contributed by atoms with van der Waals surface area (Å²) in [5, 5.41) is 0.699. The Morgan fingerprint density at radius 1 is 1.12 bits per heavy atom. The molecule has 3 aliphatic heterocycles. The Morgan fingerprint density at radius 2 is 1.94 bits per heavy atom. The number of nitrogens with zero attached hydrogens (tertiary/aromatic N) is 3. The van der Waals surface area contributed by atoms with E-state index in [2.05, 4.69) is 11.0 Å². The van der Waals surface area contributed by atoms with Crippen LogP contribution in [0.4, 0.5) is 10.1 Å². The molecule has 0 aromatic heterocycles. The molecule has 50 heavy (non-hydrogen) atoms. The van der Waals surface area contributed by atoms with Crippen LogP contribution in [0.1, 0.15) is 68.1 Å². The van der Waals surface area contributed by atoms with E-state index >= 15 is 4.39 Å². The number of nitrogens with one attached hydrogen (secondary N) is 1. The maximum absolute atomic E-state index is 17.6. The number of aryl methyl sites for hydroxylation is 1. The topological polar surface area (TPSA) is 108 Å². The molecule has 5 aliphatic rings. The van der Waals surface area contributed by atoms with E-state index < -0.39 is 34.1 Å². The van der Waals surface area contributed by atoms with Gasteiger partial charge in [-0.3, -0.25) is 9.59 Å². The molecule has 1 N–H and O–H groups in total. The molecular weight excluding hydrogens is 683 g/mol. The lowest BCUT2D eigenvalue weighted by Gasteiger charge is -2.48. The molecule has 1 saturated carbocycles. The van der Waals surface area contributed by atoms with Crippen molar-refractivity contribution in [3.63, 3.8) is 0 Å². The zero-order valence-electron chi connectivity index (χ0n) is 29.1. The summed E-state index contributed by atoms with van der Waals surface area (Å²) >= 11 is 6.45.